The first-order valence-corrected chi connectivity index (χ1v) is 7.60. The van der Waals surface area contributed by atoms with Crippen LogP contribution >= 0.6 is 0 Å². The summed E-state index contributed by atoms with van der Waals surface area (Å²) < 4.78 is 5.37. The van der Waals surface area contributed by atoms with Crippen molar-refractivity contribution in [1.82, 2.24) is 9.80 Å². The van der Waals surface area contributed by atoms with E-state index in [1.807, 2.05) is 37.3 Å². The molecule has 22 heavy (non-hydrogen) atoms. The van der Waals surface area contributed by atoms with Crippen molar-refractivity contribution >= 4 is 12.0 Å². The van der Waals surface area contributed by atoms with Crippen molar-refractivity contribution in [3.63, 3.8) is 0 Å². The molecule has 1 aromatic rings. The third-order valence-corrected chi connectivity index (χ3v) is 3.91. The summed E-state index contributed by atoms with van der Waals surface area (Å²) in [6.45, 7) is 3.92. The molecule has 0 radical (unpaired) electrons. The number of nitrogens with zero attached hydrogens (tertiary/aromatic N) is 2. The molecule has 1 saturated heterocycles. The molecule has 0 unspecified atom stereocenters. The lowest BCUT2D eigenvalue weighted by Crippen LogP contribution is -2.43. The normalized spacial score (nSPS) is 17.4. The largest absolute Gasteiger partial charge is 0.445 e. The van der Waals surface area contributed by atoms with Crippen molar-refractivity contribution in [2.75, 3.05) is 26.2 Å². The van der Waals surface area contributed by atoms with Crippen molar-refractivity contribution in [2.24, 2.45) is 5.73 Å². The van der Waals surface area contributed by atoms with Gasteiger partial charge in [0.05, 0.1) is 12.6 Å². The minimum atomic E-state index is -0.335. The van der Waals surface area contributed by atoms with E-state index in [1.54, 1.807) is 9.80 Å². The predicted molar refractivity (Wildman–Crippen MR) is 83.0 cm³/mol. The highest BCUT2D eigenvalue weighted by molar-refractivity contribution is 5.78. The first-order chi connectivity index (χ1) is 10.7. The SMILES string of the molecule is CCN(C(=O)OCc1ccccc1)[C@H]1CCN(C(=O)CN)C1. The lowest BCUT2D eigenvalue weighted by molar-refractivity contribution is -0.128. The summed E-state index contributed by atoms with van der Waals surface area (Å²) in [7, 11) is 0. The summed E-state index contributed by atoms with van der Waals surface area (Å²) in [5.41, 5.74) is 6.34. The Kier molecular flexibility index (Phi) is 5.77. The summed E-state index contributed by atoms with van der Waals surface area (Å²) in [6, 6.07) is 9.58. The van der Waals surface area contributed by atoms with E-state index in [1.165, 1.54) is 0 Å². The highest BCUT2D eigenvalue weighted by Gasteiger charge is 2.32. The van der Waals surface area contributed by atoms with Gasteiger partial charge in [-0.15, -0.1) is 0 Å². The third-order valence-electron chi connectivity index (χ3n) is 3.91. The summed E-state index contributed by atoms with van der Waals surface area (Å²) in [4.78, 5) is 27.3. The highest BCUT2D eigenvalue weighted by atomic mass is 16.6. The van der Waals surface area contributed by atoms with Crippen LogP contribution in [0, 0.1) is 0 Å². The van der Waals surface area contributed by atoms with Crippen LogP contribution in [0.25, 0.3) is 0 Å². The highest BCUT2D eigenvalue weighted by Crippen LogP contribution is 2.17. The quantitative estimate of drug-likeness (QED) is 0.887. The first-order valence-electron chi connectivity index (χ1n) is 7.60. The molecule has 2 rings (SSSR count). The number of rotatable bonds is 5. The van der Waals surface area contributed by atoms with Gasteiger partial charge in [-0.1, -0.05) is 30.3 Å². The summed E-state index contributed by atoms with van der Waals surface area (Å²) in [5, 5.41) is 0. The van der Waals surface area contributed by atoms with Gasteiger partial charge >= 0.3 is 6.09 Å². The fraction of sp³-hybridized carbons (Fsp3) is 0.500. The number of ether oxygens (including phenoxy) is 1. The van der Waals surface area contributed by atoms with Crippen molar-refractivity contribution in [3.05, 3.63) is 35.9 Å². The van der Waals surface area contributed by atoms with Gasteiger partial charge in [0.1, 0.15) is 6.61 Å². The van der Waals surface area contributed by atoms with Crippen molar-refractivity contribution < 1.29 is 14.3 Å². The van der Waals surface area contributed by atoms with Gasteiger partial charge in [0.2, 0.25) is 5.91 Å². The van der Waals surface area contributed by atoms with E-state index in [2.05, 4.69) is 0 Å². The number of benzene rings is 1. The second-order valence-corrected chi connectivity index (χ2v) is 5.31. The number of hydrogen-bond donors (Lipinski definition) is 1. The molecular formula is C16H23N3O3. The van der Waals surface area contributed by atoms with Crippen LogP contribution in [0.3, 0.4) is 0 Å². The number of hydrogen-bond acceptors (Lipinski definition) is 4. The van der Waals surface area contributed by atoms with E-state index in [4.69, 9.17) is 10.5 Å². The van der Waals surface area contributed by atoms with Gasteiger partial charge in [-0.2, -0.15) is 0 Å². The molecule has 0 spiro atoms. The van der Waals surface area contributed by atoms with Crippen molar-refractivity contribution in [1.29, 1.82) is 0 Å². The van der Waals surface area contributed by atoms with E-state index < -0.39 is 0 Å². The third kappa shape index (κ3) is 3.98. The Bertz CT molecular complexity index is 507. The Morgan fingerprint density at radius 2 is 2.09 bits per heavy atom. The van der Waals surface area contributed by atoms with Gasteiger partial charge in [-0.3, -0.25) is 4.79 Å². The van der Waals surface area contributed by atoms with Gasteiger partial charge in [0.25, 0.3) is 0 Å². The Hall–Kier alpha value is -2.08. The second-order valence-electron chi connectivity index (χ2n) is 5.31. The van der Waals surface area contributed by atoms with Gasteiger partial charge in [-0.05, 0) is 18.9 Å². The summed E-state index contributed by atoms with van der Waals surface area (Å²) in [5.74, 6) is -0.0730. The maximum absolute atomic E-state index is 12.3. The predicted octanol–water partition coefficient (Wildman–Crippen LogP) is 1.20. The van der Waals surface area contributed by atoms with Gasteiger partial charge in [0, 0.05) is 19.6 Å². The zero-order valence-electron chi connectivity index (χ0n) is 12.9. The molecule has 1 heterocycles. The average Bonchev–Trinajstić information content (AvgIpc) is 3.03. The van der Waals surface area contributed by atoms with Gasteiger partial charge in [0.15, 0.2) is 0 Å². The maximum atomic E-state index is 12.3. The van der Waals surface area contributed by atoms with Crippen LogP contribution in [0.4, 0.5) is 4.79 Å². The van der Waals surface area contributed by atoms with Crippen LogP contribution in [0.15, 0.2) is 30.3 Å². The molecule has 0 saturated carbocycles. The number of likely N-dealkylation sites (N-methyl/N-ethyl adjacent to an activating group) is 1. The Labute approximate surface area is 130 Å². The minimum Gasteiger partial charge on any atom is -0.445 e. The maximum Gasteiger partial charge on any atom is 0.410 e. The molecule has 2 N–H and O–H groups in total. The van der Waals surface area contributed by atoms with Crippen LogP contribution in [-0.4, -0.2) is 54.0 Å². The van der Waals surface area contributed by atoms with Crippen molar-refractivity contribution in [2.45, 2.75) is 26.0 Å². The number of likely N-dealkylation sites (tertiary alicyclic amines) is 1. The first kappa shape index (κ1) is 16.3. The molecule has 2 amide bonds. The number of amides is 2. The van der Waals surface area contributed by atoms with E-state index in [0.717, 1.165) is 12.0 Å². The zero-order valence-corrected chi connectivity index (χ0v) is 12.9. The molecule has 1 aromatic carbocycles. The second kappa shape index (κ2) is 7.79. The lowest BCUT2D eigenvalue weighted by atomic mass is 10.2. The zero-order chi connectivity index (χ0) is 15.9. The van der Waals surface area contributed by atoms with Crippen LogP contribution in [0.1, 0.15) is 18.9 Å². The molecule has 1 atom stereocenters. The number of carbonyl (C=O) groups is 2. The molecule has 120 valence electrons. The topological polar surface area (TPSA) is 75.9 Å². The van der Waals surface area contributed by atoms with Crippen LogP contribution in [0.5, 0.6) is 0 Å². The Morgan fingerprint density at radius 1 is 1.36 bits per heavy atom. The van der Waals surface area contributed by atoms with Crippen LogP contribution in [0.2, 0.25) is 0 Å². The standard InChI is InChI=1S/C16H23N3O3/c1-2-19(14-8-9-18(11-14)15(20)10-17)16(21)22-12-13-6-4-3-5-7-13/h3-7,14H,2,8-12,17H2,1H3/t14-/m0/s1. The average molecular weight is 305 g/mol. The Balaban J connectivity index is 1.88. The Morgan fingerprint density at radius 3 is 2.73 bits per heavy atom. The van der Waals surface area contributed by atoms with Crippen LogP contribution in [-0.2, 0) is 16.1 Å². The fourth-order valence-corrected chi connectivity index (χ4v) is 2.69. The molecular weight excluding hydrogens is 282 g/mol. The van der Waals surface area contributed by atoms with E-state index in [9.17, 15) is 9.59 Å². The number of carbonyl (C=O) groups excluding carboxylic acids is 2. The van der Waals surface area contributed by atoms with Crippen molar-refractivity contribution in [3.8, 4) is 0 Å². The number of nitrogens with two attached hydrogens (primary N) is 1. The molecule has 6 heteroatoms. The molecule has 0 aliphatic carbocycles. The minimum absolute atomic E-state index is 0.00349. The van der Waals surface area contributed by atoms with Gasteiger partial charge in [-0.25, -0.2) is 4.79 Å². The molecule has 1 fully saturated rings. The summed E-state index contributed by atoms with van der Waals surface area (Å²) >= 11 is 0. The molecule has 6 nitrogen and oxygen atoms in total. The van der Waals surface area contributed by atoms with Crippen LogP contribution < -0.4 is 5.73 Å². The molecule has 1 aliphatic rings. The monoisotopic (exact) mass is 305 g/mol. The van der Waals surface area contributed by atoms with E-state index >= 15 is 0 Å². The van der Waals surface area contributed by atoms with Gasteiger partial charge < -0.3 is 20.3 Å². The van der Waals surface area contributed by atoms with E-state index in [0.29, 0.717) is 19.6 Å². The fourth-order valence-electron chi connectivity index (χ4n) is 2.69. The summed E-state index contributed by atoms with van der Waals surface area (Å²) in [6.07, 6.45) is 0.429. The lowest BCUT2D eigenvalue weighted by Gasteiger charge is -2.27. The molecule has 1 aliphatic heterocycles. The van der Waals surface area contributed by atoms with E-state index in [-0.39, 0.29) is 31.2 Å². The smallest absolute Gasteiger partial charge is 0.410 e. The molecule has 0 aromatic heterocycles. The molecule has 0 bridgehead atoms.